The Morgan fingerprint density at radius 2 is 1.87 bits per heavy atom. The molecule has 0 aromatic rings. The lowest BCUT2D eigenvalue weighted by Gasteiger charge is -2.44. The number of hydrogen-bond acceptors (Lipinski definition) is 1. The first kappa shape index (κ1) is 13.0. The van der Waals surface area contributed by atoms with Crippen LogP contribution in [0.5, 0.6) is 0 Å². The second-order valence-electron chi connectivity index (χ2n) is 6.53. The van der Waals surface area contributed by atoms with Crippen molar-refractivity contribution in [2.24, 2.45) is 23.2 Å². The molecule has 0 radical (unpaired) electrons. The summed E-state index contributed by atoms with van der Waals surface area (Å²) in [5, 5.41) is 3.57. The van der Waals surface area contributed by atoms with E-state index in [-0.39, 0.29) is 0 Å². The molecule has 0 amide bonds. The molecule has 0 aromatic carbocycles. The van der Waals surface area contributed by atoms with Crippen molar-refractivity contribution >= 4 is 0 Å². The highest BCUT2D eigenvalue weighted by Gasteiger charge is 2.36. The van der Waals surface area contributed by atoms with Gasteiger partial charge in [-0.25, -0.2) is 0 Å². The van der Waals surface area contributed by atoms with Crippen molar-refractivity contribution in [3.8, 4) is 0 Å². The van der Waals surface area contributed by atoms with Crippen molar-refractivity contribution in [3.05, 3.63) is 0 Å². The van der Waals surface area contributed by atoms with Gasteiger partial charge in [0.05, 0.1) is 0 Å². The van der Waals surface area contributed by atoms with Gasteiger partial charge in [0.1, 0.15) is 0 Å². The summed E-state index contributed by atoms with van der Waals surface area (Å²) >= 11 is 0. The monoisotopic (exact) mass is 211 g/mol. The van der Waals surface area contributed by atoms with Crippen LogP contribution in [0, 0.1) is 23.2 Å². The van der Waals surface area contributed by atoms with E-state index in [9.17, 15) is 0 Å². The van der Waals surface area contributed by atoms with E-state index < -0.39 is 0 Å². The summed E-state index contributed by atoms with van der Waals surface area (Å²) in [5.74, 6) is 2.55. The maximum absolute atomic E-state index is 3.57. The van der Waals surface area contributed by atoms with E-state index in [0.717, 1.165) is 17.8 Å². The summed E-state index contributed by atoms with van der Waals surface area (Å²) in [5.41, 5.74) is 0.587. The summed E-state index contributed by atoms with van der Waals surface area (Å²) in [6.45, 7) is 14.4. The molecule has 1 saturated heterocycles. The van der Waals surface area contributed by atoms with Gasteiger partial charge in [-0.1, -0.05) is 34.6 Å². The van der Waals surface area contributed by atoms with Crippen molar-refractivity contribution in [1.82, 2.24) is 5.32 Å². The molecular weight excluding hydrogens is 182 g/mol. The van der Waals surface area contributed by atoms with Crippen LogP contribution in [0.15, 0.2) is 0 Å². The number of nitrogens with one attached hydrogen (secondary N) is 1. The maximum Gasteiger partial charge on any atom is -0.00152 e. The molecule has 0 bridgehead atoms. The molecule has 2 atom stereocenters. The maximum atomic E-state index is 3.57. The number of piperidine rings is 1. The molecule has 1 heterocycles. The molecule has 1 rings (SSSR count). The standard InChI is InChI=1S/C14H29N/c1-11(2)8-13-10-15-7-6-14(13,5)9-12(3)4/h11-13,15H,6-10H2,1-5H3. The molecule has 1 aliphatic rings. The molecule has 2 unspecified atom stereocenters. The van der Waals surface area contributed by atoms with Crippen LogP contribution in [0.25, 0.3) is 0 Å². The van der Waals surface area contributed by atoms with Crippen LogP contribution in [0.4, 0.5) is 0 Å². The van der Waals surface area contributed by atoms with Crippen LogP contribution in [0.2, 0.25) is 0 Å². The molecule has 1 heteroatoms. The summed E-state index contributed by atoms with van der Waals surface area (Å²) in [6, 6.07) is 0. The average molecular weight is 211 g/mol. The third-order valence-electron chi connectivity index (χ3n) is 3.88. The van der Waals surface area contributed by atoms with Gasteiger partial charge in [0.25, 0.3) is 0 Å². The van der Waals surface area contributed by atoms with E-state index in [0.29, 0.717) is 5.41 Å². The first-order valence-electron chi connectivity index (χ1n) is 6.65. The SMILES string of the molecule is CC(C)CC1CNCCC1(C)CC(C)C. The Bertz CT molecular complexity index is 186. The smallest absolute Gasteiger partial charge is 0.00152 e. The first-order valence-corrected chi connectivity index (χ1v) is 6.65. The molecule has 1 nitrogen and oxygen atoms in total. The van der Waals surface area contributed by atoms with Crippen LogP contribution in [-0.4, -0.2) is 13.1 Å². The quantitative estimate of drug-likeness (QED) is 0.748. The molecule has 0 spiro atoms. The molecule has 90 valence electrons. The van der Waals surface area contributed by atoms with Crippen LogP contribution >= 0.6 is 0 Å². The van der Waals surface area contributed by atoms with Crippen molar-refractivity contribution in [1.29, 1.82) is 0 Å². The fourth-order valence-corrected chi connectivity index (χ4v) is 3.24. The van der Waals surface area contributed by atoms with Crippen LogP contribution in [-0.2, 0) is 0 Å². The zero-order valence-electron chi connectivity index (χ0n) is 11.3. The van der Waals surface area contributed by atoms with Gasteiger partial charge in [-0.05, 0) is 55.5 Å². The Morgan fingerprint density at radius 3 is 2.40 bits per heavy atom. The highest BCUT2D eigenvalue weighted by atomic mass is 14.9. The largest absolute Gasteiger partial charge is 0.316 e. The molecule has 0 saturated carbocycles. The van der Waals surface area contributed by atoms with Gasteiger partial charge in [-0.3, -0.25) is 0 Å². The Labute approximate surface area is 96.0 Å². The van der Waals surface area contributed by atoms with Crippen LogP contribution < -0.4 is 5.32 Å². The Hall–Kier alpha value is -0.0400. The fourth-order valence-electron chi connectivity index (χ4n) is 3.24. The molecule has 1 fully saturated rings. The zero-order chi connectivity index (χ0) is 11.5. The molecule has 1 aliphatic heterocycles. The first-order chi connectivity index (χ1) is 6.94. The van der Waals surface area contributed by atoms with Gasteiger partial charge >= 0.3 is 0 Å². The Kier molecular flexibility index (Phi) is 4.64. The lowest BCUT2D eigenvalue weighted by Crippen LogP contribution is -2.44. The van der Waals surface area contributed by atoms with Crippen LogP contribution in [0.1, 0.15) is 53.9 Å². The highest BCUT2D eigenvalue weighted by Crippen LogP contribution is 2.42. The minimum atomic E-state index is 0.587. The van der Waals surface area contributed by atoms with Gasteiger partial charge in [0, 0.05) is 0 Å². The van der Waals surface area contributed by atoms with Gasteiger partial charge in [-0.2, -0.15) is 0 Å². The minimum Gasteiger partial charge on any atom is -0.316 e. The topological polar surface area (TPSA) is 12.0 Å². The van der Waals surface area contributed by atoms with Crippen molar-refractivity contribution in [3.63, 3.8) is 0 Å². The summed E-state index contributed by atoms with van der Waals surface area (Å²) < 4.78 is 0. The van der Waals surface area contributed by atoms with Crippen LogP contribution in [0.3, 0.4) is 0 Å². The fraction of sp³-hybridized carbons (Fsp3) is 1.00. The normalized spacial score (nSPS) is 32.6. The second-order valence-corrected chi connectivity index (χ2v) is 6.53. The predicted molar refractivity (Wildman–Crippen MR) is 68.0 cm³/mol. The van der Waals surface area contributed by atoms with Gasteiger partial charge in [-0.15, -0.1) is 0 Å². The van der Waals surface area contributed by atoms with E-state index in [1.807, 2.05) is 0 Å². The van der Waals surface area contributed by atoms with E-state index in [1.54, 1.807) is 0 Å². The Morgan fingerprint density at radius 1 is 1.20 bits per heavy atom. The number of hydrogen-bond donors (Lipinski definition) is 1. The second kappa shape index (κ2) is 5.34. The van der Waals surface area contributed by atoms with E-state index in [1.165, 1.54) is 32.4 Å². The molecule has 0 aliphatic carbocycles. The summed E-state index contributed by atoms with van der Waals surface area (Å²) in [4.78, 5) is 0. The Balaban J connectivity index is 2.62. The lowest BCUT2D eigenvalue weighted by molar-refractivity contribution is 0.0842. The van der Waals surface area contributed by atoms with Gasteiger partial charge in [0.2, 0.25) is 0 Å². The summed E-state index contributed by atoms with van der Waals surface area (Å²) in [7, 11) is 0. The van der Waals surface area contributed by atoms with E-state index in [2.05, 4.69) is 39.9 Å². The van der Waals surface area contributed by atoms with E-state index in [4.69, 9.17) is 0 Å². The predicted octanol–water partition coefficient (Wildman–Crippen LogP) is 3.69. The molecule has 15 heavy (non-hydrogen) atoms. The number of rotatable bonds is 4. The zero-order valence-corrected chi connectivity index (χ0v) is 11.3. The highest BCUT2D eigenvalue weighted by molar-refractivity contribution is 4.89. The molecular formula is C14H29N. The van der Waals surface area contributed by atoms with Crippen molar-refractivity contribution in [2.45, 2.75) is 53.9 Å². The molecule has 0 aromatic heterocycles. The average Bonchev–Trinajstić information content (AvgIpc) is 2.07. The van der Waals surface area contributed by atoms with Crippen molar-refractivity contribution < 1.29 is 0 Å². The lowest BCUT2D eigenvalue weighted by atomic mass is 9.65. The van der Waals surface area contributed by atoms with Gasteiger partial charge in [0.15, 0.2) is 0 Å². The van der Waals surface area contributed by atoms with E-state index >= 15 is 0 Å². The molecule has 1 N–H and O–H groups in total. The van der Waals surface area contributed by atoms with Gasteiger partial charge < -0.3 is 5.32 Å². The van der Waals surface area contributed by atoms with Crippen molar-refractivity contribution in [2.75, 3.05) is 13.1 Å². The summed E-state index contributed by atoms with van der Waals surface area (Å²) in [6.07, 6.45) is 4.14. The third kappa shape index (κ3) is 3.79. The minimum absolute atomic E-state index is 0.587. The third-order valence-corrected chi connectivity index (χ3v) is 3.88.